The number of nitrogens with zero attached hydrogens (tertiary/aromatic N) is 2. The molecule has 0 aromatic heterocycles. The van der Waals surface area contributed by atoms with E-state index in [1.165, 1.54) is 25.3 Å². The maximum atomic E-state index is 12.1. The highest BCUT2D eigenvalue weighted by Gasteiger charge is 2.25. The Morgan fingerprint density at radius 1 is 1.48 bits per heavy atom. The van der Waals surface area contributed by atoms with Crippen LogP contribution < -0.4 is 9.47 Å². The van der Waals surface area contributed by atoms with Crippen LogP contribution in [0.15, 0.2) is 18.2 Å². The molecule has 1 atom stereocenters. The van der Waals surface area contributed by atoms with Crippen LogP contribution in [0.25, 0.3) is 0 Å². The summed E-state index contributed by atoms with van der Waals surface area (Å²) < 4.78 is 10.5. The smallest absolute Gasteiger partial charge is 0.273 e. The first-order chi connectivity index (χ1) is 10.0. The first kappa shape index (κ1) is 15.1. The summed E-state index contributed by atoms with van der Waals surface area (Å²) in [4.78, 5) is 24.0. The number of amides is 1. The average molecular weight is 294 g/mol. The number of carbonyl (C=O) groups excluding carboxylic acids is 1. The molecule has 1 aliphatic heterocycles. The van der Waals surface area contributed by atoms with Crippen LogP contribution >= 0.6 is 0 Å². The number of ether oxygens (including phenoxy) is 2. The van der Waals surface area contributed by atoms with Crippen molar-refractivity contribution in [2.24, 2.45) is 0 Å². The molecule has 1 saturated heterocycles. The molecule has 1 fully saturated rings. The van der Waals surface area contributed by atoms with Gasteiger partial charge >= 0.3 is 0 Å². The van der Waals surface area contributed by atoms with Gasteiger partial charge in [-0.15, -0.1) is 0 Å². The lowest BCUT2D eigenvalue weighted by atomic mass is 10.2. The minimum absolute atomic E-state index is 0.0830. The van der Waals surface area contributed by atoms with Crippen LogP contribution in [0.4, 0.5) is 5.69 Å². The Labute approximate surface area is 122 Å². The number of methoxy groups -OCH3 is 1. The summed E-state index contributed by atoms with van der Waals surface area (Å²) in [6.45, 7) is 2.66. The average Bonchev–Trinajstić information content (AvgIpc) is 2.90. The van der Waals surface area contributed by atoms with E-state index in [1.807, 2.05) is 6.92 Å². The van der Waals surface area contributed by atoms with Crippen molar-refractivity contribution in [3.05, 3.63) is 28.3 Å². The van der Waals surface area contributed by atoms with E-state index < -0.39 is 4.92 Å². The van der Waals surface area contributed by atoms with Crippen molar-refractivity contribution in [3.8, 4) is 11.5 Å². The molecule has 1 aliphatic rings. The summed E-state index contributed by atoms with van der Waals surface area (Å²) in [7, 11) is 1.40. The zero-order valence-electron chi connectivity index (χ0n) is 12.1. The van der Waals surface area contributed by atoms with Crippen LogP contribution in [0.3, 0.4) is 0 Å². The van der Waals surface area contributed by atoms with Gasteiger partial charge in [0.25, 0.3) is 11.6 Å². The normalized spacial score (nSPS) is 17.6. The molecule has 0 saturated carbocycles. The van der Waals surface area contributed by atoms with E-state index in [0.29, 0.717) is 5.75 Å². The van der Waals surface area contributed by atoms with Gasteiger partial charge in [-0.3, -0.25) is 14.9 Å². The van der Waals surface area contributed by atoms with Crippen molar-refractivity contribution in [2.75, 3.05) is 20.3 Å². The highest BCUT2D eigenvalue weighted by molar-refractivity contribution is 5.78. The lowest BCUT2D eigenvalue weighted by Gasteiger charge is -2.21. The van der Waals surface area contributed by atoms with Crippen molar-refractivity contribution in [2.45, 2.75) is 25.8 Å². The Hall–Kier alpha value is -2.31. The molecule has 1 aromatic rings. The van der Waals surface area contributed by atoms with Crippen molar-refractivity contribution < 1.29 is 19.2 Å². The van der Waals surface area contributed by atoms with Gasteiger partial charge in [0.1, 0.15) is 0 Å². The number of carbonyl (C=O) groups is 1. The summed E-state index contributed by atoms with van der Waals surface area (Å²) in [6, 6.07) is 4.27. The van der Waals surface area contributed by atoms with Gasteiger partial charge < -0.3 is 14.4 Å². The molecular formula is C14H18N2O5. The molecule has 2 rings (SSSR count). The molecule has 0 radical (unpaired) electrons. The third-order valence-corrected chi connectivity index (χ3v) is 3.58. The molecule has 7 nitrogen and oxygen atoms in total. The molecule has 114 valence electrons. The van der Waals surface area contributed by atoms with Crippen LogP contribution in [0.5, 0.6) is 11.5 Å². The van der Waals surface area contributed by atoms with E-state index in [1.54, 1.807) is 4.90 Å². The summed E-state index contributed by atoms with van der Waals surface area (Å²) in [5.41, 5.74) is -0.0845. The zero-order chi connectivity index (χ0) is 15.4. The monoisotopic (exact) mass is 294 g/mol. The summed E-state index contributed by atoms with van der Waals surface area (Å²) in [5, 5.41) is 10.7. The zero-order valence-corrected chi connectivity index (χ0v) is 12.1. The second-order valence-electron chi connectivity index (χ2n) is 4.96. The molecular weight excluding hydrogens is 276 g/mol. The minimum atomic E-state index is -0.511. The Balaban J connectivity index is 2.02. The molecule has 0 N–H and O–H groups in total. The Kier molecular flexibility index (Phi) is 4.62. The van der Waals surface area contributed by atoms with Gasteiger partial charge in [0.2, 0.25) is 0 Å². The van der Waals surface area contributed by atoms with Crippen LogP contribution in [-0.4, -0.2) is 42.0 Å². The number of hydrogen-bond acceptors (Lipinski definition) is 5. The topological polar surface area (TPSA) is 81.9 Å². The van der Waals surface area contributed by atoms with Crippen LogP contribution in [0, 0.1) is 10.1 Å². The fourth-order valence-electron chi connectivity index (χ4n) is 2.42. The second-order valence-corrected chi connectivity index (χ2v) is 4.96. The SMILES string of the molecule is COc1cc([N+](=O)[O-])ccc1OCC(=O)N1CCCC1C. The van der Waals surface area contributed by atoms with E-state index in [4.69, 9.17) is 9.47 Å². The Morgan fingerprint density at radius 2 is 2.24 bits per heavy atom. The summed E-state index contributed by atoms with van der Waals surface area (Å²) in [5.74, 6) is 0.482. The van der Waals surface area contributed by atoms with E-state index in [0.717, 1.165) is 19.4 Å². The number of nitro benzene ring substituents is 1. The molecule has 7 heteroatoms. The number of rotatable bonds is 5. The first-order valence-electron chi connectivity index (χ1n) is 6.77. The van der Waals surface area contributed by atoms with Crippen molar-refractivity contribution in [1.29, 1.82) is 0 Å². The van der Waals surface area contributed by atoms with Gasteiger partial charge in [-0.2, -0.15) is 0 Å². The number of likely N-dealkylation sites (tertiary alicyclic amines) is 1. The van der Waals surface area contributed by atoms with Gasteiger partial charge in [-0.05, 0) is 25.8 Å². The van der Waals surface area contributed by atoms with Gasteiger partial charge in [-0.25, -0.2) is 0 Å². The lowest BCUT2D eigenvalue weighted by molar-refractivity contribution is -0.384. The molecule has 0 spiro atoms. The molecule has 1 aromatic carbocycles. The predicted octanol–water partition coefficient (Wildman–Crippen LogP) is 1.99. The van der Waals surface area contributed by atoms with E-state index in [9.17, 15) is 14.9 Å². The third kappa shape index (κ3) is 3.42. The van der Waals surface area contributed by atoms with Gasteiger partial charge in [-0.1, -0.05) is 0 Å². The molecule has 21 heavy (non-hydrogen) atoms. The molecule has 1 amide bonds. The fourth-order valence-corrected chi connectivity index (χ4v) is 2.42. The van der Waals surface area contributed by atoms with Crippen LogP contribution in [0.1, 0.15) is 19.8 Å². The number of nitro groups is 1. The largest absolute Gasteiger partial charge is 0.493 e. The molecule has 0 aliphatic carbocycles. The second kappa shape index (κ2) is 6.43. The Bertz CT molecular complexity index is 546. The highest BCUT2D eigenvalue weighted by Crippen LogP contribution is 2.31. The summed E-state index contributed by atoms with van der Waals surface area (Å²) >= 11 is 0. The molecule has 1 unspecified atom stereocenters. The maximum absolute atomic E-state index is 12.1. The maximum Gasteiger partial charge on any atom is 0.273 e. The standard InChI is InChI=1S/C14H18N2O5/c1-10-4-3-7-15(10)14(17)9-21-12-6-5-11(16(18)19)8-13(12)20-2/h5-6,8,10H,3-4,7,9H2,1-2H3. The molecule has 1 heterocycles. The van der Waals surface area contributed by atoms with E-state index in [-0.39, 0.29) is 30.0 Å². The minimum Gasteiger partial charge on any atom is -0.493 e. The lowest BCUT2D eigenvalue weighted by Crippen LogP contribution is -2.37. The van der Waals surface area contributed by atoms with Crippen molar-refractivity contribution in [3.63, 3.8) is 0 Å². The van der Waals surface area contributed by atoms with Crippen LogP contribution in [0.2, 0.25) is 0 Å². The van der Waals surface area contributed by atoms with E-state index in [2.05, 4.69) is 0 Å². The summed E-state index contributed by atoms with van der Waals surface area (Å²) in [6.07, 6.45) is 2.01. The van der Waals surface area contributed by atoms with Crippen molar-refractivity contribution in [1.82, 2.24) is 4.90 Å². The van der Waals surface area contributed by atoms with Crippen LogP contribution in [-0.2, 0) is 4.79 Å². The Morgan fingerprint density at radius 3 is 2.81 bits per heavy atom. The van der Waals surface area contributed by atoms with Gasteiger partial charge in [0.15, 0.2) is 18.1 Å². The highest BCUT2D eigenvalue weighted by atomic mass is 16.6. The number of non-ortho nitro benzene ring substituents is 1. The predicted molar refractivity (Wildman–Crippen MR) is 75.6 cm³/mol. The molecule has 0 bridgehead atoms. The van der Waals surface area contributed by atoms with Gasteiger partial charge in [0.05, 0.1) is 18.1 Å². The van der Waals surface area contributed by atoms with E-state index >= 15 is 0 Å². The first-order valence-corrected chi connectivity index (χ1v) is 6.77. The van der Waals surface area contributed by atoms with Crippen molar-refractivity contribution >= 4 is 11.6 Å². The fraction of sp³-hybridized carbons (Fsp3) is 0.500. The third-order valence-electron chi connectivity index (χ3n) is 3.58. The number of hydrogen-bond donors (Lipinski definition) is 0. The van der Waals surface area contributed by atoms with Gasteiger partial charge in [0, 0.05) is 18.7 Å². The quantitative estimate of drug-likeness (QED) is 0.612. The number of benzene rings is 1.